The smallest absolute Gasteiger partial charge is 0.269 e. The molecule has 0 fully saturated rings. The lowest BCUT2D eigenvalue weighted by Crippen LogP contribution is -2.33. The fourth-order valence-electron chi connectivity index (χ4n) is 3.29. The molecule has 0 unspecified atom stereocenters. The monoisotopic (exact) mass is 609 g/mol. The summed E-state index contributed by atoms with van der Waals surface area (Å²) in [6.45, 7) is 0. The third-order valence-corrected chi connectivity index (χ3v) is 7.75. The van der Waals surface area contributed by atoms with Crippen LogP contribution in [0, 0.1) is 0 Å². The van der Waals surface area contributed by atoms with Crippen molar-refractivity contribution in [3.63, 3.8) is 0 Å². The number of thiophene rings is 1. The molecule has 34 heavy (non-hydrogen) atoms. The molecule has 11 heteroatoms. The van der Waals surface area contributed by atoms with Crippen LogP contribution in [0.2, 0.25) is 15.1 Å². The summed E-state index contributed by atoms with van der Waals surface area (Å²) in [4.78, 5) is 17.7. The molecule has 2 aromatic heterocycles. The van der Waals surface area contributed by atoms with Crippen LogP contribution in [0.1, 0.15) is 9.67 Å². The Morgan fingerprint density at radius 1 is 1.06 bits per heavy atom. The number of halogens is 4. The van der Waals surface area contributed by atoms with E-state index in [1.807, 2.05) is 12.1 Å². The maximum absolute atomic E-state index is 12.8. The van der Waals surface area contributed by atoms with E-state index in [1.165, 1.54) is 11.3 Å². The predicted molar refractivity (Wildman–Crippen MR) is 148 cm³/mol. The number of aromatic nitrogens is 1. The lowest BCUT2D eigenvalue weighted by atomic mass is 10.2. The van der Waals surface area contributed by atoms with Gasteiger partial charge < -0.3 is 9.73 Å². The SMILES string of the molecule is O=C(NC(=S)Nc1ccc2oc(-c3cc(Br)ccc3Cl)nc2c1)c1sc2cc(Cl)ccc2c1Cl. The van der Waals surface area contributed by atoms with Gasteiger partial charge >= 0.3 is 0 Å². The molecule has 3 aromatic carbocycles. The first-order valence-corrected chi connectivity index (χ1v) is 12.8. The summed E-state index contributed by atoms with van der Waals surface area (Å²) in [6, 6.07) is 16.0. The van der Waals surface area contributed by atoms with Gasteiger partial charge in [0.1, 0.15) is 10.4 Å². The highest BCUT2D eigenvalue weighted by Gasteiger charge is 2.19. The first-order chi connectivity index (χ1) is 16.3. The number of rotatable bonds is 3. The number of nitrogens with zero attached hydrogens (tertiary/aromatic N) is 1. The van der Waals surface area contributed by atoms with Gasteiger partial charge in [-0.3, -0.25) is 10.1 Å². The zero-order valence-electron chi connectivity index (χ0n) is 16.8. The summed E-state index contributed by atoms with van der Waals surface area (Å²) >= 11 is 28.7. The average Bonchev–Trinajstić information content (AvgIpc) is 3.35. The number of carbonyl (C=O) groups excluding carboxylic acids is 1. The van der Waals surface area contributed by atoms with Crippen LogP contribution in [0.5, 0.6) is 0 Å². The van der Waals surface area contributed by atoms with Crippen molar-refractivity contribution < 1.29 is 9.21 Å². The Labute approximate surface area is 226 Å². The van der Waals surface area contributed by atoms with Crippen molar-refractivity contribution >= 4 is 112 Å². The van der Waals surface area contributed by atoms with E-state index in [0.29, 0.717) is 48.2 Å². The molecule has 0 atom stereocenters. The Morgan fingerprint density at radius 3 is 2.71 bits per heavy atom. The molecule has 0 aliphatic rings. The molecule has 2 heterocycles. The number of nitrogens with one attached hydrogen (secondary N) is 2. The largest absolute Gasteiger partial charge is 0.436 e. The highest BCUT2D eigenvalue weighted by molar-refractivity contribution is 9.10. The maximum Gasteiger partial charge on any atom is 0.269 e. The molecule has 1 amide bonds. The van der Waals surface area contributed by atoms with Crippen LogP contribution < -0.4 is 10.6 Å². The predicted octanol–water partition coefficient (Wildman–Crippen LogP) is 8.56. The molecular formula is C23H11BrCl3N3O2S2. The fourth-order valence-corrected chi connectivity index (χ4v) is 5.75. The maximum atomic E-state index is 12.8. The minimum atomic E-state index is -0.408. The van der Waals surface area contributed by atoms with Crippen molar-refractivity contribution in [1.82, 2.24) is 10.3 Å². The van der Waals surface area contributed by atoms with Gasteiger partial charge in [-0.25, -0.2) is 4.98 Å². The van der Waals surface area contributed by atoms with Crippen LogP contribution in [-0.4, -0.2) is 16.0 Å². The standard InChI is InChI=1S/C23H11BrCl3N3O2S2/c24-10-1-5-15(26)14(7-10)22-29-16-9-12(3-6-17(16)32-22)28-23(33)30-21(31)20-19(27)13-4-2-11(25)8-18(13)34-20/h1-9H,(H2,28,30,31,33). The van der Waals surface area contributed by atoms with Gasteiger partial charge in [0.2, 0.25) is 5.89 Å². The molecule has 0 aliphatic heterocycles. The second-order valence-electron chi connectivity index (χ2n) is 7.12. The molecule has 170 valence electrons. The molecule has 0 bridgehead atoms. The summed E-state index contributed by atoms with van der Waals surface area (Å²) in [6.07, 6.45) is 0. The summed E-state index contributed by atoms with van der Waals surface area (Å²) in [5.41, 5.74) is 2.50. The number of carbonyl (C=O) groups is 1. The molecule has 0 saturated carbocycles. The van der Waals surface area contributed by atoms with Crippen molar-refractivity contribution in [2.24, 2.45) is 0 Å². The number of oxazole rings is 1. The number of amides is 1. The molecule has 0 aliphatic carbocycles. The van der Waals surface area contributed by atoms with Gasteiger partial charge in [0.25, 0.3) is 5.91 Å². The van der Waals surface area contributed by atoms with E-state index in [0.717, 1.165) is 14.6 Å². The third kappa shape index (κ3) is 4.66. The minimum Gasteiger partial charge on any atom is -0.436 e. The van der Waals surface area contributed by atoms with Crippen LogP contribution in [0.15, 0.2) is 63.5 Å². The molecule has 0 saturated heterocycles. The van der Waals surface area contributed by atoms with E-state index in [4.69, 9.17) is 51.4 Å². The Hall–Kier alpha value is -2.20. The molecule has 0 radical (unpaired) electrons. The van der Waals surface area contributed by atoms with Crippen molar-refractivity contribution in [2.45, 2.75) is 0 Å². The molecule has 0 spiro atoms. The number of benzene rings is 3. The zero-order valence-corrected chi connectivity index (χ0v) is 22.3. The first-order valence-electron chi connectivity index (χ1n) is 9.64. The van der Waals surface area contributed by atoms with Crippen LogP contribution in [-0.2, 0) is 0 Å². The van der Waals surface area contributed by atoms with Gasteiger partial charge in [0.15, 0.2) is 10.7 Å². The van der Waals surface area contributed by atoms with Gasteiger partial charge in [-0.1, -0.05) is 56.8 Å². The van der Waals surface area contributed by atoms with Gasteiger partial charge in [-0.2, -0.15) is 0 Å². The molecule has 5 aromatic rings. The Kier molecular flexibility index (Phi) is 6.54. The van der Waals surface area contributed by atoms with E-state index in [2.05, 4.69) is 31.5 Å². The van der Waals surface area contributed by atoms with Crippen LogP contribution in [0.4, 0.5) is 5.69 Å². The molecular weight excluding hydrogens is 601 g/mol. The lowest BCUT2D eigenvalue weighted by molar-refractivity contribution is 0.0982. The van der Waals surface area contributed by atoms with Gasteiger partial charge in [-0.15, -0.1) is 11.3 Å². The van der Waals surface area contributed by atoms with Crippen LogP contribution in [0.3, 0.4) is 0 Å². The second-order valence-corrected chi connectivity index (χ2v) is 10.7. The normalized spacial score (nSPS) is 11.2. The number of thiocarbonyl (C=S) groups is 1. The van der Waals surface area contributed by atoms with E-state index in [1.54, 1.807) is 42.5 Å². The van der Waals surface area contributed by atoms with Crippen LogP contribution in [0.25, 0.3) is 32.6 Å². The summed E-state index contributed by atoms with van der Waals surface area (Å²) in [7, 11) is 0. The van der Waals surface area contributed by atoms with Gasteiger partial charge in [0.05, 0.1) is 15.6 Å². The van der Waals surface area contributed by atoms with Crippen LogP contribution >= 0.6 is 74.3 Å². The molecule has 5 rings (SSSR count). The number of anilines is 1. The van der Waals surface area contributed by atoms with Crippen molar-refractivity contribution in [3.8, 4) is 11.5 Å². The number of fused-ring (bicyclic) bond motifs is 2. The Balaban J connectivity index is 1.34. The average molecular weight is 612 g/mol. The second kappa shape index (κ2) is 9.45. The fraction of sp³-hybridized carbons (Fsp3) is 0. The quantitative estimate of drug-likeness (QED) is 0.200. The summed E-state index contributed by atoms with van der Waals surface area (Å²) in [5, 5.41) is 8.00. The minimum absolute atomic E-state index is 0.120. The van der Waals surface area contributed by atoms with E-state index < -0.39 is 5.91 Å². The molecule has 5 nitrogen and oxygen atoms in total. The first kappa shape index (κ1) is 23.5. The topological polar surface area (TPSA) is 67.2 Å². The van der Waals surface area contributed by atoms with E-state index in [9.17, 15) is 4.79 Å². The molecule has 2 N–H and O–H groups in total. The number of hydrogen-bond donors (Lipinski definition) is 2. The highest BCUT2D eigenvalue weighted by atomic mass is 79.9. The van der Waals surface area contributed by atoms with E-state index >= 15 is 0 Å². The third-order valence-electron chi connectivity index (χ3n) is 4.83. The lowest BCUT2D eigenvalue weighted by Gasteiger charge is -2.08. The van der Waals surface area contributed by atoms with Gasteiger partial charge in [0, 0.05) is 25.3 Å². The summed E-state index contributed by atoms with van der Waals surface area (Å²) in [5.74, 6) is -0.0113. The van der Waals surface area contributed by atoms with E-state index in [-0.39, 0.29) is 5.11 Å². The van der Waals surface area contributed by atoms with Gasteiger partial charge in [-0.05, 0) is 60.7 Å². The number of hydrogen-bond acceptors (Lipinski definition) is 5. The zero-order chi connectivity index (χ0) is 24.0. The Bertz CT molecular complexity index is 1620. The Morgan fingerprint density at radius 2 is 1.88 bits per heavy atom. The van der Waals surface area contributed by atoms with Crippen molar-refractivity contribution in [1.29, 1.82) is 0 Å². The van der Waals surface area contributed by atoms with Crippen molar-refractivity contribution in [3.05, 3.63) is 79.0 Å². The summed E-state index contributed by atoms with van der Waals surface area (Å²) < 4.78 is 7.53. The van der Waals surface area contributed by atoms with Crippen molar-refractivity contribution in [2.75, 3.05) is 5.32 Å². The highest BCUT2D eigenvalue weighted by Crippen LogP contribution is 2.37.